The van der Waals surface area contributed by atoms with Gasteiger partial charge in [-0.1, -0.05) is 0 Å². The van der Waals surface area contributed by atoms with Gasteiger partial charge < -0.3 is 14.9 Å². The largest absolute Gasteiger partial charge is 0.477 e. The van der Waals surface area contributed by atoms with Gasteiger partial charge in [0.05, 0.1) is 6.61 Å². The maximum Gasteiger partial charge on any atom is 0.433 e. The van der Waals surface area contributed by atoms with E-state index in [2.05, 4.69) is 9.72 Å². The quantitative estimate of drug-likeness (QED) is 0.839. The van der Waals surface area contributed by atoms with Crippen molar-refractivity contribution in [1.82, 2.24) is 4.98 Å². The predicted molar refractivity (Wildman–Crippen MR) is 48.8 cm³/mol. The van der Waals surface area contributed by atoms with Gasteiger partial charge in [-0.2, -0.15) is 13.2 Å². The van der Waals surface area contributed by atoms with Crippen LogP contribution in [0.15, 0.2) is 12.1 Å². The zero-order valence-corrected chi connectivity index (χ0v) is 8.36. The van der Waals surface area contributed by atoms with Crippen molar-refractivity contribution in [2.45, 2.75) is 6.18 Å². The van der Waals surface area contributed by atoms with Crippen molar-refractivity contribution in [3.05, 3.63) is 23.4 Å². The van der Waals surface area contributed by atoms with E-state index in [9.17, 15) is 18.0 Å². The molecule has 94 valence electrons. The Morgan fingerprint density at radius 2 is 2.06 bits per heavy atom. The Balaban J connectivity index is 3.14. The molecule has 1 heterocycles. The highest BCUT2D eigenvalue weighted by molar-refractivity contribution is 5.90. The number of carbonyl (C=O) groups is 1. The number of carboxylic acids is 1. The zero-order valence-electron chi connectivity index (χ0n) is 8.36. The van der Waals surface area contributed by atoms with Crippen LogP contribution in [-0.2, 0) is 6.18 Å². The summed E-state index contributed by atoms with van der Waals surface area (Å²) in [5, 5.41) is 17.2. The molecule has 0 atom stereocenters. The number of nitrogens with zero attached hydrogens (tertiary/aromatic N) is 1. The van der Waals surface area contributed by atoms with Crippen LogP contribution in [0.3, 0.4) is 0 Å². The number of aliphatic hydroxyl groups is 1. The van der Waals surface area contributed by atoms with E-state index < -0.39 is 35.9 Å². The van der Waals surface area contributed by atoms with Crippen molar-refractivity contribution in [2.75, 3.05) is 13.2 Å². The standard InChI is InChI=1S/C9H8F3NO4/c10-9(11,12)6-2-1-5(8(15)16)7(13-6)17-4-3-14/h1-2,14H,3-4H2,(H,15,16). The summed E-state index contributed by atoms with van der Waals surface area (Å²) in [7, 11) is 0. The van der Waals surface area contributed by atoms with Crippen LogP contribution in [-0.4, -0.2) is 34.4 Å². The molecule has 1 aromatic heterocycles. The molecule has 2 N–H and O–H groups in total. The summed E-state index contributed by atoms with van der Waals surface area (Å²) in [5.41, 5.74) is -1.75. The topological polar surface area (TPSA) is 79.7 Å². The van der Waals surface area contributed by atoms with Crippen molar-refractivity contribution >= 4 is 5.97 Å². The van der Waals surface area contributed by atoms with Gasteiger partial charge in [0.25, 0.3) is 0 Å². The Morgan fingerprint density at radius 3 is 2.53 bits per heavy atom. The lowest BCUT2D eigenvalue weighted by atomic mass is 10.2. The van der Waals surface area contributed by atoms with Crippen LogP contribution in [0.5, 0.6) is 5.88 Å². The first-order valence-corrected chi connectivity index (χ1v) is 4.41. The lowest BCUT2D eigenvalue weighted by Gasteiger charge is -2.10. The van der Waals surface area contributed by atoms with E-state index in [0.717, 1.165) is 6.07 Å². The van der Waals surface area contributed by atoms with Gasteiger partial charge in [-0.05, 0) is 12.1 Å². The number of aromatic nitrogens is 1. The van der Waals surface area contributed by atoms with E-state index >= 15 is 0 Å². The summed E-state index contributed by atoms with van der Waals surface area (Å²) in [5.74, 6) is -2.12. The fourth-order valence-electron chi connectivity index (χ4n) is 1.01. The van der Waals surface area contributed by atoms with Crippen LogP contribution in [0.25, 0.3) is 0 Å². The second kappa shape index (κ2) is 5.00. The van der Waals surface area contributed by atoms with E-state index in [4.69, 9.17) is 10.2 Å². The summed E-state index contributed by atoms with van der Waals surface area (Å²) in [6.07, 6.45) is -4.69. The van der Waals surface area contributed by atoms with E-state index in [0.29, 0.717) is 6.07 Å². The number of aliphatic hydroxyl groups excluding tert-OH is 1. The van der Waals surface area contributed by atoms with E-state index in [1.807, 2.05) is 0 Å². The Labute approximate surface area is 93.5 Å². The number of alkyl halides is 3. The third-order valence-electron chi connectivity index (χ3n) is 1.71. The molecule has 0 saturated carbocycles. The van der Waals surface area contributed by atoms with Gasteiger partial charge in [-0.3, -0.25) is 0 Å². The van der Waals surface area contributed by atoms with Crippen molar-refractivity contribution in [1.29, 1.82) is 0 Å². The zero-order chi connectivity index (χ0) is 13.1. The molecule has 0 aromatic carbocycles. The third kappa shape index (κ3) is 3.31. The normalized spacial score (nSPS) is 11.3. The molecule has 0 aliphatic rings. The molecule has 0 amide bonds. The number of ether oxygens (including phenoxy) is 1. The number of hydrogen-bond acceptors (Lipinski definition) is 4. The minimum Gasteiger partial charge on any atom is -0.477 e. The molecular weight excluding hydrogens is 243 g/mol. The molecule has 0 saturated heterocycles. The minimum atomic E-state index is -4.69. The summed E-state index contributed by atoms with van der Waals surface area (Å²) in [6, 6.07) is 1.31. The minimum absolute atomic E-state index is 0.339. The fraction of sp³-hybridized carbons (Fsp3) is 0.333. The summed E-state index contributed by atoms with van der Waals surface area (Å²) in [6.45, 7) is -0.800. The van der Waals surface area contributed by atoms with Crippen LogP contribution in [0.2, 0.25) is 0 Å². The molecule has 0 aliphatic heterocycles. The molecule has 5 nitrogen and oxygen atoms in total. The number of rotatable bonds is 4. The van der Waals surface area contributed by atoms with Crippen molar-refractivity contribution in [3.63, 3.8) is 0 Å². The van der Waals surface area contributed by atoms with Gasteiger partial charge in [0.1, 0.15) is 17.9 Å². The van der Waals surface area contributed by atoms with Crippen molar-refractivity contribution in [3.8, 4) is 5.88 Å². The van der Waals surface area contributed by atoms with Gasteiger partial charge in [0.2, 0.25) is 5.88 Å². The fourth-order valence-corrected chi connectivity index (χ4v) is 1.01. The molecule has 0 spiro atoms. The Kier molecular flexibility index (Phi) is 3.89. The van der Waals surface area contributed by atoms with Crippen molar-refractivity contribution in [2.24, 2.45) is 0 Å². The number of carboxylic acid groups (broad SMARTS) is 1. The summed E-state index contributed by atoms with van der Waals surface area (Å²) in [4.78, 5) is 13.7. The first kappa shape index (κ1) is 13.2. The second-order valence-corrected chi connectivity index (χ2v) is 2.92. The molecule has 0 unspecified atom stereocenters. The average molecular weight is 251 g/mol. The Morgan fingerprint density at radius 1 is 1.41 bits per heavy atom. The number of aromatic carboxylic acids is 1. The van der Waals surface area contributed by atoms with Crippen LogP contribution < -0.4 is 4.74 Å². The average Bonchev–Trinajstić information content (AvgIpc) is 2.24. The van der Waals surface area contributed by atoms with Gasteiger partial charge >= 0.3 is 12.1 Å². The maximum absolute atomic E-state index is 12.3. The number of halogens is 3. The molecule has 1 rings (SSSR count). The summed E-state index contributed by atoms with van der Waals surface area (Å²) >= 11 is 0. The summed E-state index contributed by atoms with van der Waals surface area (Å²) < 4.78 is 41.6. The molecule has 0 fully saturated rings. The molecule has 1 aromatic rings. The predicted octanol–water partition coefficient (Wildman–Crippen LogP) is 1.17. The lowest BCUT2D eigenvalue weighted by Crippen LogP contribution is -2.13. The monoisotopic (exact) mass is 251 g/mol. The van der Waals surface area contributed by atoms with Gasteiger partial charge in [0, 0.05) is 0 Å². The number of pyridine rings is 1. The highest BCUT2D eigenvalue weighted by Crippen LogP contribution is 2.30. The van der Waals surface area contributed by atoms with Crippen molar-refractivity contribution < 1.29 is 32.9 Å². The first-order chi connectivity index (χ1) is 7.86. The molecular formula is C9H8F3NO4. The highest BCUT2D eigenvalue weighted by atomic mass is 19.4. The Hall–Kier alpha value is -1.83. The van der Waals surface area contributed by atoms with Gasteiger partial charge in [-0.15, -0.1) is 0 Å². The first-order valence-electron chi connectivity index (χ1n) is 4.41. The highest BCUT2D eigenvalue weighted by Gasteiger charge is 2.33. The van der Waals surface area contributed by atoms with Crippen LogP contribution in [0.1, 0.15) is 16.1 Å². The molecule has 0 bridgehead atoms. The van der Waals surface area contributed by atoms with E-state index in [1.165, 1.54) is 0 Å². The molecule has 8 heteroatoms. The smallest absolute Gasteiger partial charge is 0.433 e. The van der Waals surface area contributed by atoms with Gasteiger partial charge in [-0.25, -0.2) is 9.78 Å². The van der Waals surface area contributed by atoms with E-state index in [1.54, 1.807) is 0 Å². The lowest BCUT2D eigenvalue weighted by molar-refractivity contribution is -0.141. The third-order valence-corrected chi connectivity index (χ3v) is 1.71. The van der Waals surface area contributed by atoms with Gasteiger partial charge in [0.15, 0.2) is 0 Å². The molecule has 17 heavy (non-hydrogen) atoms. The maximum atomic E-state index is 12.3. The molecule has 0 radical (unpaired) electrons. The molecule has 0 aliphatic carbocycles. The van der Waals surface area contributed by atoms with Crippen LogP contribution >= 0.6 is 0 Å². The Bertz CT molecular complexity index is 419. The number of hydrogen-bond donors (Lipinski definition) is 2. The van der Waals surface area contributed by atoms with Crippen LogP contribution in [0.4, 0.5) is 13.2 Å². The van der Waals surface area contributed by atoms with Crippen LogP contribution in [0, 0.1) is 0 Å². The van der Waals surface area contributed by atoms with E-state index in [-0.39, 0.29) is 6.61 Å². The second-order valence-electron chi connectivity index (χ2n) is 2.92. The SMILES string of the molecule is O=C(O)c1ccc(C(F)(F)F)nc1OCCO.